The van der Waals surface area contributed by atoms with Crippen molar-refractivity contribution in [1.29, 1.82) is 0 Å². The van der Waals surface area contributed by atoms with Crippen LogP contribution in [0.2, 0.25) is 0 Å². The molecule has 1 heterocycles. The maximum absolute atomic E-state index is 11.8. The third kappa shape index (κ3) is 7.01. The van der Waals surface area contributed by atoms with Crippen LogP contribution in [0.3, 0.4) is 0 Å². The fourth-order valence-corrected chi connectivity index (χ4v) is 2.82. The number of rotatable bonds is 7. The lowest BCUT2D eigenvalue weighted by Gasteiger charge is -2.33. The number of nitrogens with zero attached hydrogens (tertiary/aromatic N) is 1. The number of carbonyl (C=O) groups is 1. The maximum Gasteiger partial charge on any atom is 0.314 e. The molecule has 1 aromatic rings. The number of hydrogen-bond donors (Lipinski definition) is 2. The van der Waals surface area contributed by atoms with E-state index in [2.05, 4.69) is 41.5 Å². The van der Waals surface area contributed by atoms with E-state index in [0.717, 1.165) is 32.7 Å². The zero-order valence-corrected chi connectivity index (χ0v) is 14.3. The first-order chi connectivity index (χ1) is 11.1. The molecule has 2 amide bonds. The minimum absolute atomic E-state index is 0.0855. The molecule has 1 saturated heterocycles. The Hall–Kier alpha value is -1.59. The van der Waals surface area contributed by atoms with E-state index < -0.39 is 0 Å². The van der Waals surface area contributed by atoms with Crippen molar-refractivity contribution in [1.82, 2.24) is 15.5 Å². The molecule has 0 spiro atoms. The Balaban J connectivity index is 1.60. The smallest absolute Gasteiger partial charge is 0.314 e. The molecule has 0 aromatic heterocycles. The largest absolute Gasteiger partial charge is 0.374 e. The zero-order chi connectivity index (χ0) is 16.5. The van der Waals surface area contributed by atoms with E-state index in [9.17, 15) is 4.79 Å². The standard InChI is InChI=1S/C18H29N3O2/c1-15(2)13-21-10-11-23-17(14-21)12-20-18(22)19-9-8-16-6-4-3-5-7-16/h3-7,15,17H,8-14H2,1-2H3,(H2,19,20,22)/t17-/m0/s1. The topological polar surface area (TPSA) is 53.6 Å². The van der Waals surface area contributed by atoms with Gasteiger partial charge in [0.15, 0.2) is 0 Å². The SMILES string of the molecule is CC(C)CN1CCO[C@@H](CNC(=O)NCCc2ccccc2)C1. The molecule has 2 rings (SSSR count). The number of nitrogens with one attached hydrogen (secondary N) is 2. The highest BCUT2D eigenvalue weighted by molar-refractivity contribution is 5.73. The Labute approximate surface area is 139 Å². The Bertz CT molecular complexity index is 465. The van der Waals surface area contributed by atoms with Crippen LogP contribution in [0.4, 0.5) is 4.79 Å². The average Bonchev–Trinajstić information content (AvgIpc) is 2.54. The quantitative estimate of drug-likeness (QED) is 0.807. The summed E-state index contributed by atoms with van der Waals surface area (Å²) in [5.41, 5.74) is 1.23. The molecule has 0 saturated carbocycles. The molecule has 1 fully saturated rings. The van der Waals surface area contributed by atoms with Crippen molar-refractivity contribution in [2.45, 2.75) is 26.4 Å². The number of amides is 2. The number of ether oxygens (including phenoxy) is 1. The molecule has 0 aliphatic carbocycles. The number of urea groups is 1. The molecule has 0 radical (unpaired) electrons. The van der Waals surface area contributed by atoms with Gasteiger partial charge >= 0.3 is 6.03 Å². The molecule has 2 N–H and O–H groups in total. The minimum atomic E-state index is -0.120. The molecule has 0 unspecified atom stereocenters. The molecule has 0 bridgehead atoms. The van der Waals surface area contributed by atoms with Gasteiger partial charge in [0, 0.05) is 32.7 Å². The normalized spacial score (nSPS) is 18.8. The van der Waals surface area contributed by atoms with Crippen molar-refractivity contribution < 1.29 is 9.53 Å². The summed E-state index contributed by atoms with van der Waals surface area (Å²) in [6.07, 6.45) is 0.929. The van der Waals surface area contributed by atoms with Crippen LogP contribution in [-0.4, -0.2) is 56.4 Å². The third-order valence-corrected chi connectivity index (χ3v) is 3.88. The summed E-state index contributed by atoms with van der Waals surface area (Å²) >= 11 is 0. The number of morpholine rings is 1. The van der Waals surface area contributed by atoms with Crippen LogP contribution in [0.15, 0.2) is 30.3 Å². The first-order valence-electron chi connectivity index (χ1n) is 8.53. The summed E-state index contributed by atoms with van der Waals surface area (Å²) in [6.45, 7) is 9.36. The van der Waals surface area contributed by atoms with Crippen molar-refractivity contribution >= 4 is 6.03 Å². The van der Waals surface area contributed by atoms with Crippen LogP contribution in [0.1, 0.15) is 19.4 Å². The van der Waals surface area contributed by atoms with Crippen LogP contribution in [0.5, 0.6) is 0 Å². The summed E-state index contributed by atoms with van der Waals surface area (Å²) in [4.78, 5) is 14.3. The van der Waals surface area contributed by atoms with Gasteiger partial charge in [-0.3, -0.25) is 4.90 Å². The maximum atomic E-state index is 11.8. The highest BCUT2D eigenvalue weighted by Gasteiger charge is 2.21. The van der Waals surface area contributed by atoms with E-state index in [4.69, 9.17) is 4.74 Å². The lowest BCUT2D eigenvalue weighted by atomic mass is 10.1. The number of hydrogen-bond acceptors (Lipinski definition) is 3. The van der Waals surface area contributed by atoms with Gasteiger partial charge in [0.05, 0.1) is 12.7 Å². The van der Waals surface area contributed by atoms with Crippen LogP contribution in [0.25, 0.3) is 0 Å². The highest BCUT2D eigenvalue weighted by Crippen LogP contribution is 2.07. The van der Waals surface area contributed by atoms with Gasteiger partial charge in [-0.25, -0.2) is 4.79 Å². The van der Waals surface area contributed by atoms with Gasteiger partial charge in [-0.15, -0.1) is 0 Å². The molecule has 5 nitrogen and oxygen atoms in total. The summed E-state index contributed by atoms with van der Waals surface area (Å²) in [7, 11) is 0. The molecule has 1 atom stereocenters. The van der Waals surface area contributed by atoms with Gasteiger partial charge in [0.1, 0.15) is 0 Å². The fraction of sp³-hybridized carbons (Fsp3) is 0.611. The summed E-state index contributed by atoms with van der Waals surface area (Å²) < 4.78 is 5.73. The van der Waals surface area contributed by atoms with Crippen molar-refractivity contribution in [2.75, 3.05) is 39.3 Å². The molecule has 23 heavy (non-hydrogen) atoms. The van der Waals surface area contributed by atoms with E-state index in [1.165, 1.54) is 5.56 Å². The van der Waals surface area contributed by atoms with E-state index in [1.54, 1.807) is 0 Å². The minimum Gasteiger partial charge on any atom is -0.374 e. The Morgan fingerprint density at radius 1 is 1.30 bits per heavy atom. The monoisotopic (exact) mass is 319 g/mol. The van der Waals surface area contributed by atoms with Crippen LogP contribution < -0.4 is 10.6 Å². The highest BCUT2D eigenvalue weighted by atomic mass is 16.5. The van der Waals surface area contributed by atoms with E-state index in [0.29, 0.717) is 19.0 Å². The van der Waals surface area contributed by atoms with E-state index in [1.807, 2.05) is 18.2 Å². The van der Waals surface area contributed by atoms with Gasteiger partial charge in [0.2, 0.25) is 0 Å². The van der Waals surface area contributed by atoms with Gasteiger partial charge in [-0.05, 0) is 17.9 Å². The lowest BCUT2D eigenvalue weighted by molar-refractivity contribution is -0.0290. The molecule has 1 aromatic carbocycles. The number of benzene rings is 1. The molecule has 1 aliphatic heterocycles. The van der Waals surface area contributed by atoms with Crippen molar-refractivity contribution in [3.05, 3.63) is 35.9 Å². The predicted molar refractivity (Wildman–Crippen MR) is 92.6 cm³/mol. The summed E-state index contributed by atoms with van der Waals surface area (Å²) in [5, 5.41) is 5.81. The van der Waals surface area contributed by atoms with Gasteiger partial charge in [-0.1, -0.05) is 44.2 Å². The first kappa shape index (κ1) is 17.8. The fourth-order valence-electron chi connectivity index (χ4n) is 2.82. The van der Waals surface area contributed by atoms with Gasteiger partial charge in [-0.2, -0.15) is 0 Å². The van der Waals surface area contributed by atoms with Crippen molar-refractivity contribution in [3.8, 4) is 0 Å². The molecule has 5 heteroatoms. The predicted octanol–water partition coefficient (Wildman–Crippen LogP) is 1.89. The summed E-state index contributed by atoms with van der Waals surface area (Å²) in [6, 6.07) is 10.0. The van der Waals surface area contributed by atoms with Crippen LogP contribution in [-0.2, 0) is 11.2 Å². The van der Waals surface area contributed by atoms with Gasteiger partial charge < -0.3 is 15.4 Å². The Kier molecular flexibility index (Phi) is 7.36. The Morgan fingerprint density at radius 2 is 2.09 bits per heavy atom. The van der Waals surface area contributed by atoms with E-state index in [-0.39, 0.29) is 12.1 Å². The molecular formula is C18H29N3O2. The molecular weight excluding hydrogens is 290 g/mol. The van der Waals surface area contributed by atoms with E-state index >= 15 is 0 Å². The second-order valence-corrected chi connectivity index (χ2v) is 6.52. The Morgan fingerprint density at radius 3 is 2.83 bits per heavy atom. The van der Waals surface area contributed by atoms with Gasteiger partial charge in [0.25, 0.3) is 0 Å². The lowest BCUT2D eigenvalue weighted by Crippen LogP contribution is -2.49. The summed E-state index contributed by atoms with van der Waals surface area (Å²) in [5.74, 6) is 0.656. The van der Waals surface area contributed by atoms with Crippen LogP contribution >= 0.6 is 0 Å². The average molecular weight is 319 g/mol. The second-order valence-electron chi connectivity index (χ2n) is 6.52. The number of carbonyl (C=O) groups excluding carboxylic acids is 1. The third-order valence-electron chi connectivity index (χ3n) is 3.88. The van der Waals surface area contributed by atoms with Crippen LogP contribution in [0, 0.1) is 5.92 Å². The molecule has 1 aliphatic rings. The second kappa shape index (κ2) is 9.53. The molecule has 128 valence electrons. The zero-order valence-electron chi connectivity index (χ0n) is 14.3. The van der Waals surface area contributed by atoms with Crippen molar-refractivity contribution in [2.24, 2.45) is 5.92 Å². The first-order valence-corrected chi connectivity index (χ1v) is 8.53. The van der Waals surface area contributed by atoms with Crippen molar-refractivity contribution in [3.63, 3.8) is 0 Å².